The number of alkyl halides is 2. The summed E-state index contributed by atoms with van der Waals surface area (Å²) in [5.74, 6) is -0.0128. The number of Topliss-reactive ketones (excluding diaryl/α,β-unsaturated/α-hetero) is 1. The van der Waals surface area contributed by atoms with Crippen molar-refractivity contribution in [3.05, 3.63) is 0 Å². The number of carbonyl (C=O) groups excluding carboxylic acids is 2. The second kappa shape index (κ2) is 4.66. The quantitative estimate of drug-likeness (QED) is 0.333. The summed E-state index contributed by atoms with van der Waals surface area (Å²) in [6, 6.07) is 0. The van der Waals surface area contributed by atoms with Gasteiger partial charge in [-0.2, -0.15) is 0 Å². The Morgan fingerprint density at radius 1 is 1.75 bits per heavy atom. The van der Waals surface area contributed by atoms with Crippen LogP contribution >= 0.6 is 45.2 Å². The van der Waals surface area contributed by atoms with Crippen LogP contribution in [0.3, 0.4) is 0 Å². The highest BCUT2D eigenvalue weighted by Gasteiger charge is 2.09. The third kappa shape index (κ3) is 2.95. The molecule has 0 N–H and O–H groups in total. The summed E-state index contributed by atoms with van der Waals surface area (Å²) < 4.78 is -0.0195. The molecular formula is C4H4I2O2. The minimum Gasteiger partial charge on any atom is -0.302 e. The molecule has 0 amide bonds. The lowest BCUT2D eigenvalue weighted by Crippen LogP contribution is -2.15. The number of carbonyl (C=O) groups is 2. The van der Waals surface area contributed by atoms with E-state index < -0.39 is 3.92 Å². The second-order valence-electron chi connectivity index (χ2n) is 1.14. The Labute approximate surface area is 74.7 Å². The number of halogens is 2. The number of hydrogen-bond donors (Lipinski definition) is 0. The van der Waals surface area contributed by atoms with Gasteiger partial charge in [-0.05, 0) is 0 Å². The van der Waals surface area contributed by atoms with Gasteiger partial charge in [0.1, 0.15) is 10.2 Å². The summed E-state index contributed by atoms with van der Waals surface area (Å²) in [5, 5.41) is 0. The summed E-state index contributed by atoms with van der Waals surface area (Å²) in [6.07, 6.45) is 0.654. The van der Waals surface area contributed by atoms with E-state index in [1.54, 1.807) is 0 Å². The van der Waals surface area contributed by atoms with Gasteiger partial charge < -0.3 is 4.79 Å². The average Bonchev–Trinajstić information content (AvgIpc) is 1.84. The molecule has 0 spiro atoms. The summed E-state index contributed by atoms with van der Waals surface area (Å²) in [4.78, 5) is 20.4. The van der Waals surface area contributed by atoms with Gasteiger partial charge in [-0.3, -0.25) is 4.79 Å². The molecule has 0 fully saturated rings. The van der Waals surface area contributed by atoms with Gasteiger partial charge in [0.05, 0.1) is 4.43 Å². The maximum Gasteiger partial charge on any atom is 0.162 e. The molecule has 1 unspecified atom stereocenters. The zero-order valence-corrected chi connectivity index (χ0v) is 8.25. The zero-order chi connectivity index (χ0) is 6.57. The van der Waals surface area contributed by atoms with Crippen molar-refractivity contribution in [1.82, 2.24) is 0 Å². The van der Waals surface area contributed by atoms with Crippen molar-refractivity contribution in [3.63, 3.8) is 0 Å². The summed E-state index contributed by atoms with van der Waals surface area (Å²) in [7, 11) is 0. The van der Waals surface area contributed by atoms with Crippen LogP contribution in [-0.4, -0.2) is 20.4 Å². The SMILES string of the molecule is O=CC(I)C(=O)CI. The van der Waals surface area contributed by atoms with E-state index in [1.807, 2.05) is 45.2 Å². The number of ketones is 1. The van der Waals surface area contributed by atoms with Crippen LogP contribution in [0.1, 0.15) is 0 Å². The maximum absolute atomic E-state index is 10.5. The minimum absolute atomic E-state index is 0.0128. The van der Waals surface area contributed by atoms with E-state index in [9.17, 15) is 9.59 Å². The Morgan fingerprint density at radius 2 is 2.25 bits per heavy atom. The normalized spacial score (nSPS) is 12.8. The van der Waals surface area contributed by atoms with Crippen LogP contribution < -0.4 is 0 Å². The van der Waals surface area contributed by atoms with Crippen LogP contribution in [0.25, 0.3) is 0 Å². The van der Waals surface area contributed by atoms with E-state index in [2.05, 4.69) is 0 Å². The van der Waals surface area contributed by atoms with Gasteiger partial charge in [0, 0.05) is 0 Å². The molecule has 0 aromatic carbocycles. The molecule has 0 rings (SSSR count). The second-order valence-corrected chi connectivity index (χ2v) is 3.24. The summed E-state index contributed by atoms with van der Waals surface area (Å²) in [5.41, 5.74) is 0. The Bertz CT molecular complexity index is 102. The Morgan fingerprint density at radius 3 is 2.38 bits per heavy atom. The fourth-order valence-corrected chi connectivity index (χ4v) is 1.69. The fraction of sp³-hybridized carbons (Fsp3) is 0.500. The lowest BCUT2D eigenvalue weighted by Gasteiger charge is -1.92. The standard InChI is InChI=1S/C4H4I2O2/c5-1-4(8)3(6)2-7/h2-3H,1H2. The summed E-state index contributed by atoms with van der Waals surface area (Å²) >= 11 is 3.75. The lowest BCUT2D eigenvalue weighted by molar-refractivity contribution is -0.119. The average molecular weight is 338 g/mol. The molecule has 0 aliphatic heterocycles. The molecule has 8 heavy (non-hydrogen) atoms. The molecule has 0 radical (unpaired) electrons. The molecule has 0 aromatic heterocycles. The van der Waals surface area contributed by atoms with Crippen LogP contribution in [0.15, 0.2) is 0 Å². The highest BCUT2D eigenvalue weighted by molar-refractivity contribution is 14.1. The molecule has 4 heteroatoms. The molecule has 0 saturated carbocycles. The molecular weight excluding hydrogens is 334 g/mol. The first-order valence-corrected chi connectivity index (χ1v) is 4.67. The van der Waals surface area contributed by atoms with Gasteiger partial charge in [0.25, 0.3) is 0 Å². The van der Waals surface area contributed by atoms with E-state index in [-0.39, 0.29) is 5.78 Å². The van der Waals surface area contributed by atoms with E-state index in [0.717, 1.165) is 0 Å². The first-order valence-electron chi connectivity index (χ1n) is 1.90. The molecule has 1 atom stereocenters. The first kappa shape index (κ1) is 8.80. The van der Waals surface area contributed by atoms with E-state index in [0.29, 0.717) is 10.7 Å². The van der Waals surface area contributed by atoms with Crippen LogP contribution in [0.5, 0.6) is 0 Å². The summed E-state index contributed by atoms with van der Waals surface area (Å²) in [6.45, 7) is 0. The van der Waals surface area contributed by atoms with E-state index in [4.69, 9.17) is 0 Å². The van der Waals surface area contributed by atoms with Gasteiger partial charge >= 0.3 is 0 Å². The minimum atomic E-state index is -0.440. The number of hydrogen-bond acceptors (Lipinski definition) is 2. The van der Waals surface area contributed by atoms with Gasteiger partial charge in [-0.1, -0.05) is 45.2 Å². The Hall–Kier alpha value is 0.800. The zero-order valence-electron chi connectivity index (χ0n) is 3.93. The van der Waals surface area contributed by atoms with Crippen LogP contribution in [0, 0.1) is 0 Å². The van der Waals surface area contributed by atoms with Crippen molar-refractivity contribution in [3.8, 4) is 0 Å². The van der Waals surface area contributed by atoms with Crippen molar-refractivity contribution in [2.45, 2.75) is 3.92 Å². The fourth-order valence-electron chi connectivity index (χ4n) is 0.150. The van der Waals surface area contributed by atoms with Crippen LogP contribution in [-0.2, 0) is 9.59 Å². The number of aldehydes is 1. The van der Waals surface area contributed by atoms with Gasteiger partial charge in [0.15, 0.2) is 5.78 Å². The van der Waals surface area contributed by atoms with E-state index >= 15 is 0 Å². The third-order valence-electron chi connectivity index (χ3n) is 0.559. The monoisotopic (exact) mass is 338 g/mol. The van der Waals surface area contributed by atoms with Crippen LogP contribution in [0.2, 0.25) is 0 Å². The number of rotatable bonds is 3. The van der Waals surface area contributed by atoms with Crippen molar-refractivity contribution < 1.29 is 9.59 Å². The van der Waals surface area contributed by atoms with Gasteiger partial charge in [0.2, 0.25) is 0 Å². The predicted molar refractivity (Wildman–Crippen MR) is 47.8 cm³/mol. The topological polar surface area (TPSA) is 34.1 Å². The smallest absolute Gasteiger partial charge is 0.162 e. The highest BCUT2D eigenvalue weighted by atomic mass is 127. The lowest BCUT2D eigenvalue weighted by atomic mass is 10.3. The van der Waals surface area contributed by atoms with Crippen LogP contribution in [0.4, 0.5) is 0 Å². The van der Waals surface area contributed by atoms with Crippen molar-refractivity contribution in [1.29, 1.82) is 0 Å². The molecule has 0 aromatic rings. The molecule has 0 aliphatic carbocycles. The van der Waals surface area contributed by atoms with Gasteiger partial charge in [-0.15, -0.1) is 0 Å². The first-order chi connectivity index (χ1) is 3.72. The van der Waals surface area contributed by atoms with E-state index in [1.165, 1.54) is 0 Å². The molecule has 0 saturated heterocycles. The Kier molecular flexibility index (Phi) is 5.12. The predicted octanol–water partition coefficient (Wildman–Crippen LogP) is 0.993. The molecule has 0 aliphatic rings. The van der Waals surface area contributed by atoms with Crippen molar-refractivity contribution >= 4 is 57.3 Å². The molecule has 0 heterocycles. The largest absolute Gasteiger partial charge is 0.302 e. The highest BCUT2D eigenvalue weighted by Crippen LogP contribution is 1.99. The van der Waals surface area contributed by atoms with Crippen molar-refractivity contribution in [2.75, 3.05) is 4.43 Å². The molecule has 46 valence electrons. The molecule has 2 nitrogen and oxygen atoms in total. The van der Waals surface area contributed by atoms with Crippen molar-refractivity contribution in [2.24, 2.45) is 0 Å². The maximum atomic E-state index is 10.5. The third-order valence-corrected chi connectivity index (χ3v) is 2.30. The molecule has 0 bridgehead atoms. The van der Waals surface area contributed by atoms with Gasteiger partial charge in [-0.25, -0.2) is 0 Å². The Balaban J connectivity index is 3.62.